The molecule has 0 amide bonds. The van der Waals surface area contributed by atoms with Crippen molar-refractivity contribution in [1.82, 2.24) is 0 Å². The van der Waals surface area contributed by atoms with Crippen LogP contribution in [0.2, 0.25) is 9.36 Å². The van der Waals surface area contributed by atoms with E-state index in [1.165, 1.54) is 38.5 Å². The van der Waals surface area contributed by atoms with Crippen LogP contribution in [0.5, 0.6) is 0 Å². The van der Waals surface area contributed by atoms with Crippen molar-refractivity contribution in [2.24, 2.45) is 11.8 Å². The normalized spacial score (nSPS) is 17.8. The summed E-state index contributed by atoms with van der Waals surface area (Å²) < 4.78 is 9.31. The van der Waals surface area contributed by atoms with Gasteiger partial charge in [0.1, 0.15) is 0 Å². The van der Waals surface area contributed by atoms with Gasteiger partial charge in [0.2, 0.25) is 0 Å². The molecule has 28 heavy (non-hydrogen) atoms. The van der Waals surface area contributed by atoms with Gasteiger partial charge in [-0.1, -0.05) is 0 Å². The fourth-order valence-electron chi connectivity index (χ4n) is 5.17. The molecule has 0 atom stereocenters. The second-order valence-electron chi connectivity index (χ2n) is 10.6. The summed E-state index contributed by atoms with van der Waals surface area (Å²) in [6.07, 6.45) is 12.7. The van der Waals surface area contributed by atoms with Gasteiger partial charge in [-0.3, -0.25) is 0 Å². The number of hydrogen-bond donors (Lipinski definition) is 0. The molecule has 0 aliphatic heterocycles. The number of halogens is 2. The minimum Gasteiger partial charge on any atom is -0.147 e. The zero-order chi connectivity index (χ0) is 19.7. The minimum atomic E-state index is -3.20. The zero-order valence-corrected chi connectivity index (χ0v) is 26.2. The van der Waals surface area contributed by atoms with E-state index in [9.17, 15) is 0 Å². The van der Waals surface area contributed by atoms with Gasteiger partial charge in [0.15, 0.2) is 0 Å². The molecule has 0 saturated heterocycles. The average molecular weight is 610 g/mol. The Kier molecular flexibility index (Phi) is 11.0. The van der Waals surface area contributed by atoms with Crippen LogP contribution in [0.4, 0.5) is 0 Å². The Morgan fingerprint density at radius 2 is 1.11 bits per heavy atom. The van der Waals surface area contributed by atoms with Crippen LogP contribution in [-0.2, 0) is 17.1 Å². The van der Waals surface area contributed by atoms with Crippen molar-refractivity contribution in [2.45, 2.75) is 89.4 Å². The Morgan fingerprint density at radius 1 is 0.786 bits per heavy atom. The molecule has 2 aliphatic carbocycles. The van der Waals surface area contributed by atoms with Gasteiger partial charge < -0.3 is 0 Å². The maximum atomic E-state index is 2.74. The van der Waals surface area contributed by atoms with Gasteiger partial charge in [-0.05, 0) is 0 Å². The molecule has 0 aromatic rings. The molecule has 0 fully saturated rings. The predicted octanol–water partition coefficient (Wildman–Crippen LogP) is 8.24. The van der Waals surface area contributed by atoms with E-state index in [0.717, 1.165) is 11.8 Å². The summed E-state index contributed by atoms with van der Waals surface area (Å²) in [5, 5.41) is 0. The molecule has 0 N–H and O–H groups in total. The van der Waals surface area contributed by atoms with Crippen LogP contribution < -0.4 is 0 Å². The van der Waals surface area contributed by atoms with Crippen molar-refractivity contribution in [1.29, 1.82) is 0 Å². The molecule has 0 bridgehead atoms. The molecule has 162 valence electrons. The van der Waals surface area contributed by atoms with Gasteiger partial charge >= 0.3 is 166 Å². The monoisotopic (exact) mass is 610 g/mol. The van der Waals surface area contributed by atoms with Crippen LogP contribution in [0.3, 0.4) is 0 Å². The topological polar surface area (TPSA) is 0 Å². The van der Waals surface area contributed by atoms with Gasteiger partial charge in [-0.15, -0.1) is 24.8 Å². The summed E-state index contributed by atoms with van der Waals surface area (Å²) >= 11 is -3.20. The van der Waals surface area contributed by atoms with Crippen LogP contribution in [0.1, 0.15) is 80.1 Å². The fraction of sp³-hybridized carbons (Fsp3) is 0.667. The molecule has 2 rings (SSSR count). The molecule has 0 spiro atoms. The van der Waals surface area contributed by atoms with Crippen LogP contribution in [0.15, 0.2) is 41.1 Å². The third-order valence-corrected chi connectivity index (χ3v) is 30.9. The summed E-state index contributed by atoms with van der Waals surface area (Å²) in [6, 6.07) is 0. The van der Waals surface area contributed by atoms with Crippen LogP contribution >= 0.6 is 24.8 Å². The first-order valence-corrected chi connectivity index (χ1v) is 30.0. The largest absolute Gasteiger partial charge is 0.147 e. The smallest absolute Gasteiger partial charge is 0.147 e. The van der Waals surface area contributed by atoms with E-state index in [-0.39, 0.29) is 24.8 Å². The van der Waals surface area contributed by atoms with Crippen molar-refractivity contribution in [2.75, 3.05) is 0 Å². The van der Waals surface area contributed by atoms with E-state index in [1.807, 2.05) is 6.66 Å². The summed E-state index contributed by atoms with van der Waals surface area (Å²) in [6.45, 7) is 16.6. The predicted molar refractivity (Wildman–Crippen MR) is 134 cm³/mol. The van der Waals surface area contributed by atoms with Crippen molar-refractivity contribution >= 4 is 31.8 Å². The first-order chi connectivity index (χ1) is 12.0. The number of rotatable bonds is 8. The van der Waals surface area contributed by atoms with E-state index in [4.69, 9.17) is 0 Å². The second kappa shape index (κ2) is 10.8. The van der Waals surface area contributed by atoms with Gasteiger partial charge in [0.05, 0.1) is 0 Å². The van der Waals surface area contributed by atoms with Gasteiger partial charge in [0, 0.05) is 0 Å². The van der Waals surface area contributed by atoms with Crippen LogP contribution in [0, 0.1) is 11.8 Å². The second-order valence-corrected chi connectivity index (χ2v) is 51.6. The molecule has 0 aromatic carbocycles. The summed E-state index contributed by atoms with van der Waals surface area (Å²) in [5.74, 6) is 1.54. The van der Waals surface area contributed by atoms with E-state index in [1.54, 1.807) is 22.3 Å². The Balaban J connectivity index is 0.00000364. The number of hydrogen-bond acceptors (Lipinski definition) is 0. The average Bonchev–Trinajstić information content (AvgIpc) is 3.10. The first-order valence-electron chi connectivity index (χ1n) is 10.9. The maximum absolute atomic E-state index is 3.20. The SMILES string of the molecule is CCC1=[C]([Hf]([CH3])([CH3])(=[SiH2])[C]2=C(CC)C=C(CC(C)C)C2)CC(CC(C)C)=C1.Cl.Cl. The van der Waals surface area contributed by atoms with Crippen LogP contribution in [0.25, 0.3) is 0 Å². The van der Waals surface area contributed by atoms with Crippen molar-refractivity contribution in [3.8, 4) is 0 Å². The van der Waals surface area contributed by atoms with E-state index >= 15 is 0 Å². The molecular weight excluding hydrogens is 566 g/mol. The fourth-order valence-corrected chi connectivity index (χ4v) is 27.1. The molecule has 0 aromatic heterocycles. The van der Waals surface area contributed by atoms with Gasteiger partial charge in [-0.2, -0.15) is 0 Å². The Labute approximate surface area is 190 Å². The van der Waals surface area contributed by atoms with Gasteiger partial charge in [-0.25, -0.2) is 0 Å². The number of allylic oxidation sites excluding steroid dienone is 8. The standard InChI is InChI=1S/2C11H17.2CH3.2ClH.Hf.H2Si/c2*1-4-10-5-6-11(8-10)7-9(2)3;;;;;;/h2*8-9H,4,6-7H2,1-3H3;2*1H3;2*1H;;1H2. The van der Waals surface area contributed by atoms with E-state index in [2.05, 4.69) is 70.0 Å². The van der Waals surface area contributed by atoms with Gasteiger partial charge in [0.25, 0.3) is 0 Å². The summed E-state index contributed by atoms with van der Waals surface area (Å²) in [7, 11) is 0. The molecule has 0 saturated carbocycles. The molecule has 0 nitrogen and oxygen atoms in total. The van der Waals surface area contributed by atoms with Crippen molar-refractivity contribution < 1.29 is 17.1 Å². The molecular formula is C24H44Cl2HfSi. The molecule has 2 aliphatic rings. The maximum Gasteiger partial charge on any atom is -0.147 e. The van der Waals surface area contributed by atoms with E-state index in [0.29, 0.717) is 0 Å². The molecule has 0 unspecified atom stereocenters. The molecule has 4 heteroatoms. The summed E-state index contributed by atoms with van der Waals surface area (Å²) in [4.78, 5) is 0. The third kappa shape index (κ3) is 6.31. The molecule has 0 radical (unpaired) electrons. The Bertz CT molecular complexity index is 699. The summed E-state index contributed by atoms with van der Waals surface area (Å²) in [5.41, 5.74) is 6.82. The Hall–Kier alpha value is 0.627. The Morgan fingerprint density at radius 3 is 1.36 bits per heavy atom. The minimum absolute atomic E-state index is 0. The van der Waals surface area contributed by atoms with Crippen LogP contribution in [-0.4, -0.2) is 6.94 Å². The first kappa shape index (κ1) is 28.6. The van der Waals surface area contributed by atoms with E-state index < -0.39 is 17.1 Å². The zero-order valence-electron chi connectivity index (χ0n) is 19.6. The molecule has 0 heterocycles. The van der Waals surface area contributed by atoms with Crippen molar-refractivity contribution in [3.63, 3.8) is 0 Å². The quantitative estimate of drug-likeness (QED) is 0.243. The van der Waals surface area contributed by atoms with Crippen molar-refractivity contribution in [3.05, 3.63) is 41.1 Å². The third-order valence-electron chi connectivity index (χ3n) is 6.38.